The van der Waals surface area contributed by atoms with Gasteiger partial charge in [0.1, 0.15) is 11.5 Å². The standard InChI is InChI=1S/C42H30O2/c1-5-13-35(14-6-1)41(36-15-7-2-8-16-36)27-25-33-29-31(21-23-39(33)43-41)32-22-24-40-34(30-32)26-28-42(44-40,37-17-9-3-10-18-37)38-19-11-4-12-20-38/h1-30H. The highest BCUT2D eigenvalue weighted by molar-refractivity contribution is 5.76. The van der Waals surface area contributed by atoms with E-state index in [9.17, 15) is 0 Å². The maximum absolute atomic E-state index is 6.86. The summed E-state index contributed by atoms with van der Waals surface area (Å²) in [5.41, 5.74) is 7.39. The summed E-state index contributed by atoms with van der Waals surface area (Å²) in [4.78, 5) is 0. The number of rotatable bonds is 5. The van der Waals surface area contributed by atoms with Crippen LogP contribution in [0, 0.1) is 0 Å². The molecule has 210 valence electrons. The third-order valence-corrected chi connectivity index (χ3v) is 8.70. The highest BCUT2D eigenvalue weighted by atomic mass is 16.5. The topological polar surface area (TPSA) is 18.5 Å². The molecule has 0 bridgehead atoms. The molecule has 2 heteroatoms. The van der Waals surface area contributed by atoms with E-state index < -0.39 is 11.2 Å². The third-order valence-electron chi connectivity index (χ3n) is 8.70. The SMILES string of the molecule is C1=CC(c2ccccc2)(c2ccccc2)Oc2ccc(-c3ccc4c(c3)C=CC(c3ccccc3)(c3ccccc3)O4)cc21. The maximum Gasteiger partial charge on any atom is 0.178 e. The van der Waals surface area contributed by atoms with Crippen LogP contribution in [0.2, 0.25) is 0 Å². The summed E-state index contributed by atoms with van der Waals surface area (Å²) in [6.07, 6.45) is 8.75. The van der Waals surface area contributed by atoms with Crippen molar-refractivity contribution in [2.75, 3.05) is 0 Å². The molecule has 44 heavy (non-hydrogen) atoms. The van der Waals surface area contributed by atoms with Gasteiger partial charge < -0.3 is 9.47 Å². The molecule has 0 fully saturated rings. The Balaban J connectivity index is 1.14. The van der Waals surface area contributed by atoms with Crippen LogP contribution in [0.4, 0.5) is 0 Å². The Kier molecular flexibility index (Phi) is 6.27. The predicted octanol–water partition coefficient (Wildman–Crippen LogP) is 10.1. The quantitative estimate of drug-likeness (QED) is 0.207. The van der Waals surface area contributed by atoms with Crippen molar-refractivity contribution in [1.82, 2.24) is 0 Å². The van der Waals surface area contributed by atoms with Crippen LogP contribution in [-0.2, 0) is 11.2 Å². The zero-order valence-corrected chi connectivity index (χ0v) is 24.1. The van der Waals surface area contributed by atoms with Gasteiger partial charge in [-0.2, -0.15) is 0 Å². The summed E-state index contributed by atoms with van der Waals surface area (Å²) in [5, 5.41) is 0. The molecule has 0 amide bonds. The van der Waals surface area contributed by atoms with E-state index in [-0.39, 0.29) is 0 Å². The molecule has 2 aliphatic rings. The lowest BCUT2D eigenvalue weighted by Gasteiger charge is -2.36. The fourth-order valence-electron chi connectivity index (χ4n) is 6.43. The van der Waals surface area contributed by atoms with Gasteiger partial charge in [-0.3, -0.25) is 0 Å². The fraction of sp³-hybridized carbons (Fsp3) is 0.0476. The Bertz CT molecular complexity index is 1760. The Labute approximate surface area is 258 Å². The lowest BCUT2D eigenvalue weighted by Crippen LogP contribution is -2.34. The molecule has 0 aliphatic carbocycles. The van der Waals surface area contributed by atoms with Gasteiger partial charge in [-0.1, -0.05) is 146 Å². The number of fused-ring (bicyclic) bond motifs is 2. The Hall–Kier alpha value is -5.60. The summed E-state index contributed by atoms with van der Waals surface area (Å²) >= 11 is 0. The molecule has 6 aromatic rings. The highest BCUT2D eigenvalue weighted by Gasteiger charge is 2.38. The molecule has 0 atom stereocenters. The van der Waals surface area contributed by atoms with Gasteiger partial charge in [0, 0.05) is 33.4 Å². The maximum atomic E-state index is 6.86. The number of ether oxygens (including phenoxy) is 2. The summed E-state index contributed by atoms with van der Waals surface area (Å²) < 4.78 is 13.7. The van der Waals surface area contributed by atoms with Crippen LogP contribution in [0.1, 0.15) is 33.4 Å². The molecule has 0 N–H and O–H groups in total. The molecular weight excluding hydrogens is 536 g/mol. The molecule has 2 heterocycles. The van der Waals surface area contributed by atoms with Gasteiger partial charge in [-0.05, 0) is 47.5 Å². The van der Waals surface area contributed by atoms with Gasteiger partial charge >= 0.3 is 0 Å². The molecule has 2 nitrogen and oxygen atoms in total. The molecule has 0 saturated carbocycles. The van der Waals surface area contributed by atoms with Crippen molar-refractivity contribution in [3.8, 4) is 22.6 Å². The van der Waals surface area contributed by atoms with Gasteiger partial charge in [0.15, 0.2) is 11.2 Å². The number of hydrogen-bond acceptors (Lipinski definition) is 2. The van der Waals surface area contributed by atoms with Gasteiger partial charge in [0.05, 0.1) is 0 Å². The monoisotopic (exact) mass is 566 g/mol. The van der Waals surface area contributed by atoms with E-state index in [1.165, 1.54) is 0 Å². The van der Waals surface area contributed by atoms with E-state index in [0.717, 1.165) is 56.0 Å². The zero-order chi connectivity index (χ0) is 29.4. The lowest BCUT2D eigenvalue weighted by molar-refractivity contribution is 0.161. The molecule has 0 aromatic heterocycles. The Morgan fingerprint density at radius 2 is 0.659 bits per heavy atom. The first kappa shape index (κ1) is 26.1. The van der Waals surface area contributed by atoms with Crippen molar-refractivity contribution in [2.45, 2.75) is 11.2 Å². The van der Waals surface area contributed by atoms with Gasteiger partial charge in [-0.25, -0.2) is 0 Å². The second kappa shape index (κ2) is 10.6. The van der Waals surface area contributed by atoms with Crippen molar-refractivity contribution < 1.29 is 9.47 Å². The van der Waals surface area contributed by atoms with E-state index in [0.29, 0.717) is 0 Å². The second-order valence-electron chi connectivity index (χ2n) is 11.3. The average molecular weight is 567 g/mol. The summed E-state index contributed by atoms with van der Waals surface area (Å²) in [6.45, 7) is 0. The molecular formula is C42H30O2. The first-order valence-corrected chi connectivity index (χ1v) is 15.0. The second-order valence-corrected chi connectivity index (χ2v) is 11.3. The minimum Gasteiger partial charge on any atom is -0.473 e. The lowest BCUT2D eigenvalue weighted by atomic mass is 9.83. The molecule has 6 aromatic carbocycles. The van der Waals surface area contributed by atoms with Crippen LogP contribution in [0.3, 0.4) is 0 Å². The van der Waals surface area contributed by atoms with Gasteiger partial charge in [0.2, 0.25) is 0 Å². The number of hydrogen-bond donors (Lipinski definition) is 0. The summed E-state index contributed by atoms with van der Waals surface area (Å²) in [5.74, 6) is 1.72. The van der Waals surface area contributed by atoms with Crippen LogP contribution in [0.25, 0.3) is 23.3 Å². The van der Waals surface area contributed by atoms with Gasteiger partial charge in [-0.15, -0.1) is 0 Å². The third kappa shape index (κ3) is 4.35. The van der Waals surface area contributed by atoms with Crippen LogP contribution >= 0.6 is 0 Å². The van der Waals surface area contributed by atoms with Crippen molar-refractivity contribution in [3.05, 3.63) is 203 Å². The summed E-state index contributed by atoms with van der Waals surface area (Å²) in [7, 11) is 0. The Morgan fingerprint density at radius 1 is 0.341 bits per heavy atom. The highest BCUT2D eigenvalue weighted by Crippen LogP contribution is 2.45. The molecule has 2 aliphatic heterocycles. The van der Waals surface area contributed by atoms with Crippen molar-refractivity contribution >= 4 is 12.2 Å². The van der Waals surface area contributed by atoms with Gasteiger partial charge in [0.25, 0.3) is 0 Å². The van der Waals surface area contributed by atoms with E-state index in [1.54, 1.807) is 0 Å². The normalized spacial score (nSPS) is 15.4. The van der Waals surface area contributed by atoms with Crippen LogP contribution in [0.5, 0.6) is 11.5 Å². The minimum absolute atomic E-state index is 0.686. The molecule has 0 saturated heterocycles. The van der Waals surface area contributed by atoms with Crippen LogP contribution < -0.4 is 9.47 Å². The summed E-state index contributed by atoms with van der Waals surface area (Å²) in [6, 6.07) is 54.6. The van der Waals surface area contributed by atoms with E-state index in [4.69, 9.17) is 9.47 Å². The van der Waals surface area contributed by atoms with Crippen LogP contribution in [-0.4, -0.2) is 0 Å². The van der Waals surface area contributed by atoms with Crippen LogP contribution in [0.15, 0.2) is 170 Å². The van der Waals surface area contributed by atoms with E-state index in [1.807, 2.05) is 24.3 Å². The number of benzene rings is 6. The van der Waals surface area contributed by atoms with E-state index in [2.05, 4.69) is 158 Å². The molecule has 0 unspecified atom stereocenters. The first-order chi connectivity index (χ1) is 21.7. The minimum atomic E-state index is -0.686. The van der Waals surface area contributed by atoms with Crippen molar-refractivity contribution in [2.24, 2.45) is 0 Å². The predicted molar refractivity (Wildman–Crippen MR) is 179 cm³/mol. The smallest absolute Gasteiger partial charge is 0.178 e. The van der Waals surface area contributed by atoms with E-state index >= 15 is 0 Å². The average Bonchev–Trinajstić information content (AvgIpc) is 3.12. The molecule has 0 spiro atoms. The largest absolute Gasteiger partial charge is 0.473 e. The zero-order valence-electron chi connectivity index (χ0n) is 24.1. The molecule has 8 rings (SSSR count). The Morgan fingerprint density at radius 3 is 0.977 bits per heavy atom. The van der Waals surface area contributed by atoms with Crippen molar-refractivity contribution in [3.63, 3.8) is 0 Å². The van der Waals surface area contributed by atoms with Crippen molar-refractivity contribution in [1.29, 1.82) is 0 Å². The first-order valence-electron chi connectivity index (χ1n) is 15.0. The fourth-order valence-corrected chi connectivity index (χ4v) is 6.43. The molecule has 0 radical (unpaired) electrons.